The van der Waals surface area contributed by atoms with Crippen LogP contribution < -0.4 is 20.5 Å². The second-order valence-electron chi connectivity index (χ2n) is 8.90. The second-order valence-corrected chi connectivity index (χ2v) is 9.68. The fraction of sp³-hybridized carbons (Fsp3) is 0.321. The highest BCUT2D eigenvalue weighted by Gasteiger charge is 2.14. The molecule has 1 aliphatic rings. The van der Waals surface area contributed by atoms with Crippen LogP contribution in [0.5, 0.6) is 11.5 Å². The number of nitrogens with two attached hydrogens (primary N) is 1. The van der Waals surface area contributed by atoms with Gasteiger partial charge in [0.2, 0.25) is 0 Å². The van der Waals surface area contributed by atoms with Crippen LogP contribution in [0.4, 0.5) is 17.1 Å². The molecule has 0 radical (unpaired) electrons. The van der Waals surface area contributed by atoms with Gasteiger partial charge in [-0.1, -0.05) is 12.1 Å². The van der Waals surface area contributed by atoms with Crippen molar-refractivity contribution in [1.82, 2.24) is 9.88 Å². The topological polar surface area (TPSA) is 81.9 Å². The van der Waals surface area contributed by atoms with E-state index in [1.807, 2.05) is 12.1 Å². The van der Waals surface area contributed by atoms with Gasteiger partial charge in [0.05, 0.1) is 50.0 Å². The first kappa shape index (κ1) is 24.4. The third-order valence-corrected chi connectivity index (χ3v) is 7.11. The van der Waals surface area contributed by atoms with Gasteiger partial charge in [-0.05, 0) is 59.0 Å². The molecule has 4 aromatic rings. The molecule has 0 amide bonds. The Kier molecular flexibility index (Phi) is 7.85. The molecule has 188 valence electrons. The van der Waals surface area contributed by atoms with Crippen molar-refractivity contribution < 1.29 is 14.2 Å². The van der Waals surface area contributed by atoms with Crippen molar-refractivity contribution in [1.29, 1.82) is 0 Å². The lowest BCUT2D eigenvalue weighted by molar-refractivity contribution is 0.0357. The highest BCUT2D eigenvalue weighted by Crippen LogP contribution is 2.38. The third-order valence-electron chi connectivity index (χ3n) is 6.37. The molecule has 3 N–H and O–H groups in total. The van der Waals surface area contributed by atoms with Crippen LogP contribution >= 0.6 is 11.3 Å². The van der Waals surface area contributed by atoms with E-state index in [1.54, 1.807) is 24.6 Å². The first-order valence-electron chi connectivity index (χ1n) is 12.3. The number of anilines is 3. The highest BCUT2D eigenvalue weighted by molar-refractivity contribution is 7.07. The van der Waals surface area contributed by atoms with Crippen LogP contribution in [0, 0.1) is 0 Å². The Balaban J connectivity index is 1.29. The van der Waals surface area contributed by atoms with Gasteiger partial charge in [-0.25, -0.2) is 0 Å². The summed E-state index contributed by atoms with van der Waals surface area (Å²) in [4.78, 5) is 6.96. The highest BCUT2D eigenvalue weighted by atomic mass is 32.1. The molecule has 3 heterocycles. The largest absolute Gasteiger partial charge is 0.493 e. The number of fused-ring (bicyclic) bond motifs is 1. The molecule has 1 fully saturated rings. The standard InChI is InChI=1S/C28H32N4O3S/c1-33-26-16-23-25(17-27(26)35-11-2-8-32-9-12-34-13-10-32)30-18-24(29)28(23)31-22-5-3-20(4-6-22)15-21-7-14-36-19-21/h3-7,14,16-19H,2,8-13,15,29H2,1H3,(H,30,31). The average molecular weight is 505 g/mol. The number of rotatable bonds is 10. The smallest absolute Gasteiger partial charge is 0.163 e. The van der Waals surface area contributed by atoms with Crippen LogP contribution in [0.25, 0.3) is 10.9 Å². The Morgan fingerprint density at radius 1 is 1.08 bits per heavy atom. The zero-order chi connectivity index (χ0) is 24.7. The van der Waals surface area contributed by atoms with E-state index in [4.69, 9.17) is 19.9 Å². The van der Waals surface area contributed by atoms with Crippen molar-refractivity contribution in [3.63, 3.8) is 0 Å². The van der Waals surface area contributed by atoms with Crippen molar-refractivity contribution in [2.75, 3.05) is 57.6 Å². The summed E-state index contributed by atoms with van der Waals surface area (Å²) < 4.78 is 17.2. The van der Waals surface area contributed by atoms with Gasteiger partial charge in [-0.15, -0.1) is 0 Å². The summed E-state index contributed by atoms with van der Waals surface area (Å²) in [5.41, 5.74) is 12.1. The molecule has 1 aliphatic heterocycles. The molecule has 0 aliphatic carbocycles. The van der Waals surface area contributed by atoms with E-state index in [1.165, 1.54) is 11.1 Å². The lowest BCUT2D eigenvalue weighted by atomic mass is 10.1. The number of hydrogen-bond donors (Lipinski definition) is 2. The second kappa shape index (κ2) is 11.6. The van der Waals surface area contributed by atoms with Gasteiger partial charge in [0.15, 0.2) is 11.5 Å². The predicted molar refractivity (Wildman–Crippen MR) is 147 cm³/mol. The average Bonchev–Trinajstić information content (AvgIpc) is 3.42. The summed E-state index contributed by atoms with van der Waals surface area (Å²) in [6.45, 7) is 5.19. The lowest BCUT2D eigenvalue weighted by Gasteiger charge is -2.26. The first-order valence-corrected chi connectivity index (χ1v) is 13.2. The van der Waals surface area contributed by atoms with Crippen LogP contribution in [0.2, 0.25) is 0 Å². The van der Waals surface area contributed by atoms with E-state index in [2.05, 4.69) is 56.3 Å². The summed E-state index contributed by atoms with van der Waals surface area (Å²) in [7, 11) is 1.65. The Hall–Kier alpha value is -3.33. The number of morpholine rings is 1. The third kappa shape index (κ3) is 5.90. The Bertz CT molecular complexity index is 1270. The van der Waals surface area contributed by atoms with Crippen LogP contribution in [0.1, 0.15) is 17.5 Å². The monoisotopic (exact) mass is 504 g/mol. The minimum atomic E-state index is 0.575. The number of pyridine rings is 1. The summed E-state index contributed by atoms with van der Waals surface area (Å²) in [6.07, 6.45) is 3.55. The molecule has 1 saturated heterocycles. The van der Waals surface area contributed by atoms with Crippen molar-refractivity contribution in [3.8, 4) is 11.5 Å². The molecule has 0 bridgehead atoms. The van der Waals surface area contributed by atoms with Gasteiger partial charge in [-0.2, -0.15) is 11.3 Å². The molecule has 7 nitrogen and oxygen atoms in total. The number of hydrogen-bond acceptors (Lipinski definition) is 8. The van der Waals surface area contributed by atoms with E-state index in [-0.39, 0.29) is 0 Å². The molecule has 0 unspecified atom stereocenters. The summed E-state index contributed by atoms with van der Waals surface area (Å²) in [5.74, 6) is 1.35. The van der Waals surface area contributed by atoms with Crippen LogP contribution in [-0.4, -0.2) is 56.4 Å². The van der Waals surface area contributed by atoms with Crippen LogP contribution in [0.15, 0.2) is 59.4 Å². The number of nitrogen functional groups attached to an aromatic ring is 1. The van der Waals surface area contributed by atoms with Crippen molar-refractivity contribution >= 4 is 39.3 Å². The molecule has 2 aromatic heterocycles. The van der Waals surface area contributed by atoms with E-state index in [0.29, 0.717) is 23.8 Å². The molecule has 5 rings (SSSR count). The minimum absolute atomic E-state index is 0.575. The molecule has 0 spiro atoms. The maximum Gasteiger partial charge on any atom is 0.163 e. The van der Waals surface area contributed by atoms with Gasteiger partial charge in [0, 0.05) is 36.8 Å². The Labute approximate surface area is 215 Å². The quantitative estimate of drug-likeness (QED) is 0.283. The maximum atomic E-state index is 6.34. The number of aromatic nitrogens is 1. The van der Waals surface area contributed by atoms with E-state index in [9.17, 15) is 0 Å². The number of methoxy groups -OCH3 is 1. The van der Waals surface area contributed by atoms with Crippen molar-refractivity contribution in [2.45, 2.75) is 12.8 Å². The fourth-order valence-corrected chi connectivity index (χ4v) is 5.07. The van der Waals surface area contributed by atoms with Crippen molar-refractivity contribution in [3.05, 3.63) is 70.5 Å². The van der Waals surface area contributed by atoms with Gasteiger partial charge in [0.1, 0.15) is 0 Å². The van der Waals surface area contributed by atoms with Crippen LogP contribution in [-0.2, 0) is 11.2 Å². The lowest BCUT2D eigenvalue weighted by Crippen LogP contribution is -2.37. The summed E-state index contributed by atoms with van der Waals surface area (Å²) in [6, 6.07) is 14.5. The van der Waals surface area contributed by atoms with Gasteiger partial charge < -0.3 is 25.3 Å². The number of ether oxygens (including phenoxy) is 3. The maximum absolute atomic E-state index is 6.34. The van der Waals surface area contributed by atoms with Crippen LogP contribution in [0.3, 0.4) is 0 Å². The number of nitrogens with zero attached hydrogens (tertiary/aromatic N) is 2. The molecular weight excluding hydrogens is 472 g/mol. The SMILES string of the molecule is COc1cc2c(Nc3ccc(Cc4ccsc4)cc3)c(N)cnc2cc1OCCCN1CCOCC1. The zero-order valence-corrected chi connectivity index (χ0v) is 21.4. The summed E-state index contributed by atoms with van der Waals surface area (Å²) in [5, 5.41) is 8.67. The number of nitrogens with one attached hydrogen (secondary N) is 1. The molecule has 2 aromatic carbocycles. The molecular formula is C28H32N4O3S. The number of thiophene rings is 1. The van der Waals surface area contributed by atoms with Crippen molar-refractivity contribution in [2.24, 2.45) is 0 Å². The minimum Gasteiger partial charge on any atom is -0.493 e. The summed E-state index contributed by atoms with van der Waals surface area (Å²) >= 11 is 1.72. The molecule has 36 heavy (non-hydrogen) atoms. The van der Waals surface area contributed by atoms with E-state index in [0.717, 1.165) is 68.0 Å². The first-order chi connectivity index (χ1) is 17.7. The van der Waals surface area contributed by atoms with Gasteiger partial charge >= 0.3 is 0 Å². The Morgan fingerprint density at radius 3 is 2.67 bits per heavy atom. The Morgan fingerprint density at radius 2 is 1.92 bits per heavy atom. The molecule has 0 atom stereocenters. The molecule has 8 heteroatoms. The van der Waals surface area contributed by atoms with Gasteiger partial charge in [-0.3, -0.25) is 9.88 Å². The van der Waals surface area contributed by atoms with E-state index < -0.39 is 0 Å². The zero-order valence-electron chi connectivity index (χ0n) is 20.5. The molecule has 0 saturated carbocycles. The fourth-order valence-electron chi connectivity index (χ4n) is 4.40. The normalized spacial score (nSPS) is 14.1. The van der Waals surface area contributed by atoms with Gasteiger partial charge in [0.25, 0.3) is 0 Å². The van der Waals surface area contributed by atoms with E-state index >= 15 is 0 Å². The number of benzene rings is 2. The predicted octanol–water partition coefficient (Wildman–Crippen LogP) is 5.32.